The smallest absolute Gasteiger partial charge is 0.406 e. The van der Waals surface area contributed by atoms with Crippen LogP contribution in [0.15, 0.2) is 24.4 Å². The number of anilines is 1. The maximum atomic E-state index is 11.9. The summed E-state index contributed by atoms with van der Waals surface area (Å²) in [7, 11) is 1.31. The van der Waals surface area contributed by atoms with Gasteiger partial charge in [0.1, 0.15) is 0 Å². The zero-order valence-electron chi connectivity index (χ0n) is 13.3. The predicted octanol–water partition coefficient (Wildman–Crippen LogP) is 2.24. The van der Waals surface area contributed by atoms with Crippen LogP contribution in [0, 0.1) is 0 Å². The van der Waals surface area contributed by atoms with Gasteiger partial charge in [0, 0.05) is 30.2 Å². The Morgan fingerprint density at radius 1 is 1.21 bits per heavy atom. The van der Waals surface area contributed by atoms with Gasteiger partial charge in [0.15, 0.2) is 6.29 Å². The number of H-pyrrole nitrogens is 1. The minimum Gasteiger partial charge on any atom is -0.453 e. The summed E-state index contributed by atoms with van der Waals surface area (Å²) >= 11 is 0. The van der Waals surface area contributed by atoms with Crippen molar-refractivity contribution < 1.29 is 19.1 Å². The maximum Gasteiger partial charge on any atom is 0.406 e. The van der Waals surface area contributed by atoms with Crippen molar-refractivity contribution in [1.82, 2.24) is 15.6 Å². The van der Waals surface area contributed by atoms with Gasteiger partial charge in [0.2, 0.25) is 0 Å². The SMILES string of the molecule is COC(=O)NCCCCNC(=O)Nc1cccc2c(C=O)c[nH]c12. The van der Waals surface area contributed by atoms with Gasteiger partial charge < -0.3 is 25.7 Å². The van der Waals surface area contributed by atoms with Crippen LogP contribution in [0.3, 0.4) is 0 Å². The van der Waals surface area contributed by atoms with Gasteiger partial charge in [-0.1, -0.05) is 12.1 Å². The number of aldehydes is 1. The number of nitrogens with one attached hydrogen (secondary N) is 4. The number of rotatable bonds is 7. The lowest BCUT2D eigenvalue weighted by Gasteiger charge is -2.09. The van der Waals surface area contributed by atoms with Crippen LogP contribution >= 0.6 is 0 Å². The Hall–Kier alpha value is -3.03. The van der Waals surface area contributed by atoms with Crippen molar-refractivity contribution in [3.8, 4) is 0 Å². The van der Waals surface area contributed by atoms with Crippen molar-refractivity contribution in [3.63, 3.8) is 0 Å². The summed E-state index contributed by atoms with van der Waals surface area (Å²) in [6, 6.07) is 5.02. The fourth-order valence-electron chi connectivity index (χ4n) is 2.26. The molecular weight excluding hydrogens is 312 g/mol. The number of ether oxygens (including phenoxy) is 1. The van der Waals surface area contributed by atoms with E-state index in [1.165, 1.54) is 7.11 Å². The van der Waals surface area contributed by atoms with E-state index in [-0.39, 0.29) is 6.03 Å². The minimum atomic E-state index is -0.463. The second-order valence-corrected chi connectivity index (χ2v) is 5.10. The molecule has 2 rings (SSSR count). The average Bonchev–Trinajstić information content (AvgIpc) is 3.02. The molecule has 4 N–H and O–H groups in total. The fourth-order valence-corrected chi connectivity index (χ4v) is 2.26. The van der Waals surface area contributed by atoms with E-state index in [1.54, 1.807) is 18.3 Å². The molecule has 1 aromatic carbocycles. The molecule has 0 saturated heterocycles. The molecule has 8 nitrogen and oxygen atoms in total. The van der Waals surface area contributed by atoms with Crippen molar-refractivity contribution in [3.05, 3.63) is 30.0 Å². The number of hydrogen-bond donors (Lipinski definition) is 4. The summed E-state index contributed by atoms with van der Waals surface area (Å²) in [5.41, 5.74) is 1.86. The van der Waals surface area contributed by atoms with Gasteiger partial charge >= 0.3 is 12.1 Å². The number of carbonyl (C=O) groups is 3. The molecule has 0 fully saturated rings. The van der Waals surface area contributed by atoms with Crippen molar-refractivity contribution in [2.75, 3.05) is 25.5 Å². The maximum absolute atomic E-state index is 11.9. The normalized spacial score (nSPS) is 10.2. The summed E-state index contributed by atoms with van der Waals surface area (Å²) in [5.74, 6) is 0. The van der Waals surface area contributed by atoms with Crippen molar-refractivity contribution in [2.45, 2.75) is 12.8 Å². The highest BCUT2D eigenvalue weighted by molar-refractivity contribution is 6.05. The first-order valence-corrected chi connectivity index (χ1v) is 7.57. The van der Waals surface area contributed by atoms with Crippen LogP contribution in [-0.4, -0.2) is 43.6 Å². The summed E-state index contributed by atoms with van der Waals surface area (Å²) in [5, 5.41) is 8.82. The zero-order chi connectivity index (χ0) is 17.4. The van der Waals surface area contributed by atoms with Gasteiger partial charge in [-0.3, -0.25) is 4.79 Å². The van der Waals surface area contributed by atoms with Crippen molar-refractivity contribution in [2.24, 2.45) is 0 Å². The molecule has 0 aliphatic rings. The summed E-state index contributed by atoms with van der Waals surface area (Å²) in [4.78, 5) is 36.7. The quantitative estimate of drug-likeness (QED) is 0.460. The molecule has 0 radical (unpaired) electrons. The van der Waals surface area contributed by atoms with E-state index in [0.717, 1.165) is 24.5 Å². The predicted molar refractivity (Wildman–Crippen MR) is 90.3 cm³/mol. The molecule has 0 unspecified atom stereocenters. The Kier molecular flexibility index (Phi) is 6.18. The topological polar surface area (TPSA) is 112 Å². The average molecular weight is 332 g/mol. The van der Waals surface area contributed by atoms with E-state index in [0.29, 0.717) is 29.9 Å². The van der Waals surface area contributed by atoms with Gasteiger partial charge in [0.25, 0.3) is 0 Å². The van der Waals surface area contributed by atoms with Crippen LogP contribution in [0.5, 0.6) is 0 Å². The standard InChI is InChI=1S/C16H20N4O4/c1-24-16(23)18-8-3-2-7-17-15(22)20-13-6-4-5-12-11(10-21)9-19-14(12)13/h4-6,9-10,19H,2-3,7-8H2,1H3,(H,18,23)(H2,17,20,22). The van der Waals surface area contributed by atoms with Crippen molar-refractivity contribution >= 4 is 35.0 Å². The third kappa shape index (κ3) is 4.48. The number of para-hydroxylation sites is 1. The van der Waals surface area contributed by atoms with E-state index >= 15 is 0 Å². The molecular formula is C16H20N4O4. The fraction of sp³-hybridized carbons (Fsp3) is 0.312. The molecule has 0 bridgehead atoms. The highest BCUT2D eigenvalue weighted by Crippen LogP contribution is 2.24. The number of aromatic nitrogens is 1. The van der Waals surface area contributed by atoms with Crippen molar-refractivity contribution in [1.29, 1.82) is 0 Å². The number of hydrogen-bond acceptors (Lipinski definition) is 4. The van der Waals surface area contributed by atoms with Gasteiger partial charge in [-0.15, -0.1) is 0 Å². The molecule has 3 amide bonds. The van der Waals surface area contributed by atoms with Crippen LogP contribution in [0.1, 0.15) is 23.2 Å². The number of methoxy groups -OCH3 is 1. The molecule has 24 heavy (non-hydrogen) atoms. The van der Waals surface area contributed by atoms with Crippen LogP contribution in [-0.2, 0) is 4.74 Å². The Bertz CT molecular complexity index is 726. The molecule has 0 saturated carbocycles. The van der Waals surface area contributed by atoms with Gasteiger partial charge in [-0.2, -0.15) is 0 Å². The van der Waals surface area contributed by atoms with Crippen LogP contribution in [0.25, 0.3) is 10.9 Å². The minimum absolute atomic E-state index is 0.328. The lowest BCUT2D eigenvalue weighted by Crippen LogP contribution is -2.30. The number of urea groups is 1. The molecule has 8 heteroatoms. The van der Waals surface area contributed by atoms with E-state index in [9.17, 15) is 14.4 Å². The molecule has 1 aromatic heterocycles. The van der Waals surface area contributed by atoms with Gasteiger partial charge in [-0.05, 0) is 18.9 Å². The highest BCUT2D eigenvalue weighted by atomic mass is 16.5. The number of benzene rings is 1. The second kappa shape index (κ2) is 8.56. The molecule has 2 aromatic rings. The van der Waals surface area contributed by atoms with E-state index in [1.807, 2.05) is 6.07 Å². The lowest BCUT2D eigenvalue weighted by molar-refractivity contribution is 0.112. The van der Waals surface area contributed by atoms with E-state index in [4.69, 9.17) is 0 Å². The lowest BCUT2D eigenvalue weighted by atomic mass is 10.1. The first kappa shape index (κ1) is 17.3. The monoisotopic (exact) mass is 332 g/mol. The third-order valence-electron chi connectivity index (χ3n) is 3.47. The van der Waals surface area contributed by atoms with E-state index < -0.39 is 6.09 Å². The molecule has 0 aliphatic heterocycles. The summed E-state index contributed by atoms with van der Waals surface area (Å²) in [6.45, 7) is 0.973. The molecule has 0 atom stereocenters. The first-order chi connectivity index (χ1) is 11.7. The number of alkyl carbamates (subject to hydrolysis) is 1. The zero-order valence-corrected chi connectivity index (χ0v) is 13.3. The molecule has 0 spiro atoms. The number of amides is 3. The van der Waals surface area contributed by atoms with Gasteiger partial charge in [0.05, 0.1) is 18.3 Å². The summed E-state index contributed by atoms with van der Waals surface area (Å²) in [6.07, 6.45) is 3.36. The Morgan fingerprint density at radius 3 is 2.67 bits per heavy atom. The highest BCUT2D eigenvalue weighted by Gasteiger charge is 2.09. The number of fused-ring (bicyclic) bond motifs is 1. The molecule has 128 valence electrons. The Labute approximate surface area is 138 Å². The Morgan fingerprint density at radius 2 is 1.96 bits per heavy atom. The number of unbranched alkanes of at least 4 members (excludes halogenated alkanes) is 1. The second-order valence-electron chi connectivity index (χ2n) is 5.10. The van der Waals surface area contributed by atoms with Crippen LogP contribution in [0.2, 0.25) is 0 Å². The summed E-state index contributed by atoms with van der Waals surface area (Å²) < 4.78 is 4.45. The van der Waals surface area contributed by atoms with Gasteiger partial charge in [-0.25, -0.2) is 9.59 Å². The third-order valence-corrected chi connectivity index (χ3v) is 3.47. The molecule has 0 aliphatic carbocycles. The largest absolute Gasteiger partial charge is 0.453 e. The van der Waals surface area contributed by atoms with E-state index in [2.05, 4.69) is 25.7 Å². The number of carbonyl (C=O) groups excluding carboxylic acids is 3. The number of aromatic amines is 1. The molecule has 1 heterocycles. The van der Waals surface area contributed by atoms with Crippen LogP contribution in [0.4, 0.5) is 15.3 Å². The van der Waals surface area contributed by atoms with Crippen LogP contribution < -0.4 is 16.0 Å². The first-order valence-electron chi connectivity index (χ1n) is 7.57. The Balaban J connectivity index is 1.78.